The van der Waals surface area contributed by atoms with Crippen molar-refractivity contribution in [3.05, 3.63) is 22.8 Å². The first-order valence-corrected chi connectivity index (χ1v) is 6.84. The first-order chi connectivity index (χ1) is 9.27. The summed E-state index contributed by atoms with van der Waals surface area (Å²) in [6.07, 6.45) is 0.0934. The van der Waals surface area contributed by atoms with Gasteiger partial charge in [0.2, 0.25) is 0 Å². The molecular formula is C16H24O4. The van der Waals surface area contributed by atoms with E-state index in [0.29, 0.717) is 17.7 Å². The maximum atomic E-state index is 12.0. The van der Waals surface area contributed by atoms with Gasteiger partial charge in [-0.3, -0.25) is 4.79 Å². The quantitative estimate of drug-likeness (QED) is 0.840. The van der Waals surface area contributed by atoms with E-state index < -0.39 is 6.10 Å². The number of rotatable bonds is 6. The number of phenols is 1. The monoisotopic (exact) mass is 280 g/mol. The Bertz CT molecular complexity index is 492. The molecule has 0 aliphatic heterocycles. The maximum Gasteiger partial charge on any atom is 0.138 e. The first kappa shape index (κ1) is 16.5. The van der Waals surface area contributed by atoms with Gasteiger partial charge in [0, 0.05) is 17.9 Å². The van der Waals surface area contributed by atoms with Gasteiger partial charge in [0.1, 0.15) is 17.3 Å². The van der Waals surface area contributed by atoms with E-state index in [0.717, 1.165) is 11.1 Å². The van der Waals surface area contributed by atoms with Gasteiger partial charge < -0.3 is 14.9 Å². The molecule has 0 aromatic heterocycles. The predicted octanol–water partition coefficient (Wildman–Crippen LogP) is 2.54. The molecule has 0 heterocycles. The summed E-state index contributed by atoms with van der Waals surface area (Å²) in [7, 11) is 1.56. The molecule has 0 bridgehead atoms. The fourth-order valence-corrected chi connectivity index (χ4v) is 2.36. The average molecular weight is 280 g/mol. The number of Topliss-reactive ketones (excluding diaryl/α,β-unsaturated/α-hetero) is 1. The highest BCUT2D eigenvalue weighted by atomic mass is 16.5. The van der Waals surface area contributed by atoms with Crippen LogP contribution in [0.4, 0.5) is 0 Å². The van der Waals surface area contributed by atoms with Crippen LogP contribution in [0.25, 0.3) is 0 Å². The van der Waals surface area contributed by atoms with Gasteiger partial charge in [-0.2, -0.15) is 0 Å². The number of benzene rings is 1. The lowest BCUT2D eigenvalue weighted by Gasteiger charge is -2.18. The van der Waals surface area contributed by atoms with Gasteiger partial charge in [-0.05, 0) is 44.4 Å². The summed E-state index contributed by atoms with van der Waals surface area (Å²) >= 11 is 0. The van der Waals surface area contributed by atoms with Crippen LogP contribution in [0.5, 0.6) is 11.5 Å². The molecule has 0 radical (unpaired) electrons. The largest absolute Gasteiger partial charge is 0.508 e. The lowest BCUT2D eigenvalue weighted by atomic mass is 9.90. The van der Waals surface area contributed by atoms with Crippen LogP contribution in [0.3, 0.4) is 0 Å². The lowest BCUT2D eigenvalue weighted by molar-refractivity contribution is -0.124. The molecule has 0 aliphatic rings. The van der Waals surface area contributed by atoms with Gasteiger partial charge in [-0.25, -0.2) is 0 Å². The van der Waals surface area contributed by atoms with Crippen molar-refractivity contribution in [1.29, 1.82) is 0 Å². The van der Waals surface area contributed by atoms with Crippen molar-refractivity contribution < 1.29 is 19.7 Å². The number of carbonyl (C=O) groups is 1. The third kappa shape index (κ3) is 3.73. The van der Waals surface area contributed by atoms with E-state index in [9.17, 15) is 15.0 Å². The SMILES string of the molecule is COc1c(C)c(O)cc(C)c1CC(C)C(=O)CC(C)O. The second kappa shape index (κ2) is 6.75. The molecule has 0 amide bonds. The Kier molecular flexibility index (Phi) is 5.57. The number of methoxy groups -OCH3 is 1. The summed E-state index contributed by atoms with van der Waals surface area (Å²) in [5.74, 6) is 0.679. The minimum atomic E-state index is -0.616. The molecule has 0 spiro atoms. The third-order valence-corrected chi connectivity index (χ3v) is 3.59. The summed E-state index contributed by atoms with van der Waals surface area (Å²) < 4.78 is 5.38. The molecule has 112 valence electrons. The van der Waals surface area contributed by atoms with Gasteiger partial charge >= 0.3 is 0 Å². The second-order valence-corrected chi connectivity index (χ2v) is 5.47. The molecule has 0 saturated heterocycles. The highest BCUT2D eigenvalue weighted by molar-refractivity contribution is 5.81. The van der Waals surface area contributed by atoms with Crippen molar-refractivity contribution in [2.24, 2.45) is 5.92 Å². The number of ether oxygens (including phenoxy) is 1. The van der Waals surface area contributed by atoms with Gasteiger partial charge in [0.05, 0.1) is 13.2 Å². The predicted molar refractivity (Wildman–Crippen MR) is 78.3 cm³/mol. The zero-order chi connectivity index (χ0) is 15.4. The van der Waals surface area contributed by atoms with Gasteiger partial charge in [-0.15, -0.1) is 0 Å². The van der Waals surface area contributed by atoms with Crippen LogP contribution < -0.4 is 4.74 Å². The molecule has 0 saturated carbocycles. The summed E-state index contributed by atoms with van der Waals surface area (Å²) in [5.41, 5.74) is 2.53. The molecular weight excluding hydrogens is 256 g/mol. The summed E-state index contributed by atoms with van der Waals surface area (Å²) in [6, 6.07) is 1.69. The molecule has 4 nitrogen and oxygen atoms in total. The average Bonchev–Trinajstić information content (AvgIpc) is 2.35. The molecule has 4 heteroatoms. The number of carbonyl (C=O) groups excluding carboxylic acids is 1. The van der Waals surface area contributed by atoms with Crippen molar-refractivity contribution >= 4 is 5.78 Å². The minimum absolute atomic E-state index is 0.0344. The highest BCUT2D eigenvalue weighted by Crippen LogP contribution is 2.35. The Morgan fingerprint density at radius 3 is 2.45 bits per heavy atom. The van der Waals surface area contributed by atoms with E-state index in [1.807, 2.05) is 13.8 Å². The molecule has 1 rings (SSSR count). The number of phenolic OH excluding ortho intramolecular Hbond substituents is 1. The zero-order valence-electron chi connectivity index (χ0n) is 12.9. The van der Waals surface area contributed by atoms with Gasteiger partial charge in [0.15, 0.2) is 0 Å². The van der Waals surface area contributed by atoms with Crippen molar-refractivity contribution in [1.82, 2.24) is 0 Å². The van der Waals surface area contributed by atoms with Gasteiger partial charge in [-0.1, -0.05) is 6.92 Å². The first-order valence-electron chi connectivity index (χ1n) is 6.84. The van der Waals surface area contributed by atoms with Crippen LogP contribution in [0, 0.1) is 19.8 Å². The Morgan fingerprint density at radius 1 is 1.35 bits per heavy atom. The molecule has 2 N–H and O–H groups in total. The zero-order valence-corrected chi connectivity index (χ0v) is 12.9. The molecule has 1 aromatic carbocycles. The Hall–Kier alpha value is -1.55. The van der Waals surface area contributed by atoms with Crippen LogP contribution >= 0.6 is 0 Å². The van der Waals surface area contributed by atoms with E-state index >= 15 is 0 Å². The topological polar surface area (TPSA) is 66.8 Å². The van der Waals surface area contributed by atoms with E-state index in [1.54, 1.807) is 27.0 Å². The van der Waals surface area contributed by atoms with Crippen LogP contribution in [0.15, 0.2) is 6.07 Å². The molecule has 0 fully saturated rings. The lowest BCUT2D eigenvalue weighted by Crippen LogP contribution is -2.19. The summed E-state index contributed by atoms with van der Waals surface area (Å²) in [5, 5.41) is 19.1. The number of hydrogen-bond donors (Lipinski definition) is 2. The van der Waals surface area contributed by atoms with Crippen molar-refractivity contribution in [3.8, 4) is 11.5 Å². The fourth-order valence-electron chi connectivity index (χ4n) is 2.36. The molecule has 2 unspecified atom stereocenters. The highest BCUT2D eigenvalue weighted by Gasteiger charge is 2.20. The second-order valence-electron chi connectivity index (χ2n) is 5.47. The number of hydrogen-bond acceptors (Lipinski definition) is 4. The van der Waals surface area contributed by atoms with E-state index in [-0.39, 0.29) is 23.9 Å². The molecule has 0 aliphatic carbocycles. The molecule has 20 heavy (non-hydrogen) atoms. The van der Waals surface area contributed by atoms with Crippen LogP contribution in [0.1, 0.15) is 37.0 Å². The van der Waals surface area contributed by atoms with E-state index in [2.05, 4.69) is 0 Å². The van der Waals surface area contributed by atoms with Crippen molar-refractivity contribution in [2.75, 3.05) is 7.11 Å². The smallest absolute Gasteiger partial charge is 0.138 e. The van der Waals surface area contributed by atoms with Gasteiger partial charge in [0.25, 0.3) is 0 Å². The molecule has 2 atom stereocenters. The number of aliphatic hydroxyl groups is 1. The van der Waals surface area contributed by atoms with Crippen LogP contribution in [-0.4, -0.2) is 29.2 Å². The van der Waals surface area contributed by atoms with Crippen LogP contribution in [-0.2, 0) is 11.2 Å². The fraction of sp³-hybridized carbons (Fsp3) is 0.562. The normalized spacial score (nSPS) is 13.9. The Labute approximate surface area is 120 Å². The minimum Gasteiger partial charge on any atom is -0.508 e. The van der Waals surface area contributed by atoms with Crippen molar-refractivity contribution in [2.45, 2.75) is 46.6 Å². The Balaban J connectivity index is 3.03. The Morgan fingerprint density at radius 2 is 1.95 bits per heavy atom. The summed E-state index contributed by atoms with van der Waals surface area (Å²) in [6.45, 7) is 7.15. The van der Waals surface area contributed by atoms with E-state index in [1.165, 1.54) is 0 Å². The third-order valence-electron chi connectivity index (χ3n) is 3.59. The maximum absolute atomic E-state index is 12.0. The summed E-state index contributed by atoms with van der Waals surface area (Å²) in [4.78, 5) is 12.0. The number of aryl methyl sites for hydroxylation is 1. The standard InChI is InChI=1S/C16H24O4/c1-9-7-15(19)12(4)16(20-5)13(9)6-10(2)14(18)8-11(3)17/h7,10-11,17,19H,6,8H2,1-5H3. The van der Waals surface area contributed by atoms with Crippen molar-refractivity contribution in [3.63, 3.8) is 0 Å². The molecule has 1 aromatic rings. The van der Waals surface area contributed by atoms with Crippen LogP contribution in [0.2, 0.25) is 0 Å². The number of ketones is 1. The number of aliphatic hydroxyl groups excluding tert-OH is 1. The number of aromatic hydroxyl groups is 1. The van der Waals surface area contributed by atoms with E-state index in [4.69, 9.17) is 4.74 Å².